The summed E-state index contributed by atoms with van der Waals surface area (Å²) in [5.41, 5.74) is 0.566. The first-order chi connectivity index (χ1) is 12.4. The Morgan fingerprint density at radius 2 is 1.88 bits per heavy atom. The Bertz CT molecular complexity index is 868. The van der Waals surface area contributed by atoms with E-state index >= 15 is 0 Å². The van der Waals surface area contributed by atoms with Gasteiger partial charge in [0.05, 0.1) is 7.11 Å². The first kappa shape index (κ1) is 18.4. The number of methoxy groups -OCH3 is 1. The molecule has 3 rings (SSSR count). The topological polar surface area (TPSA) is 103 Å². The number of piperidine rings is 1. The molecular weight excluding hydrogens is 358 g/mol. The van der Waals surface area contributed by atoms with Crippen LogP contribution in [0.4, 0.5) is 0 Å². The van der Waals surface area contributed by atoms with Gasteiger partial charge in [-0.1, -0.05) is 12.0 Å². The second kappa shape index (κ2) is 7.45. The number of benzene rings is 1. The lowest BCUT2D eigenvalue weighted by Crippen LogP contribution is -2.41. The molecule has 1 amide bonds. The molecule has 0 atom stereocenters. The minimum atomic E-state index is -3.98. The van der Waals surface area contributed by atoms with Crippen LogP contribution in [0.2, 0.25) is 0 Å². The van der Waals surface area contributed by atoms with E-state index < -0.39 is 26.7 Å². The molecule has 0 N–H and O–H groups in total. The number of hydrogen-bond donors (Lipinski definition) is 0. The number of sulfone groups is 1. The monoisotopic (exact) mass is 379 g/mol. The lowest BCUT2D eigenvalue weighted by molar-refractivity contribution is -0.129. The number of hydrogen-bond acceptors (Lipinski definition) is 7. The Morgan fingerprint density at radius 3 is 2.50 bits per heavy atom. The van der Waals surface area contributed by atoms with Crippen molar-refractivity contribution in [2.75, 3.05) is 26.0 Å². The fourth-order valence-corrected chi connectivity index (χ4v) is 3.76. The second-order valence-electron chi connectivity index (χ2n) is 6.42. The molecule has 0 spiro atoms. The van der Waals surface area contributed by atoms with E-state index in [0.717, 1.165) is 12.8 Å². The van der Waals surface area contributed by atoms with Gasteiger partial charge in [-0.25, -0.2) is 8.42 Å². The minimum Gasteiger partial charge on any atom is -0.497 e. The molecule has 0 bridgehead atoms. The highest BCUT2D eigenvalue weighted by Crippen LogP contribution is 2.23. The summed E-state index contributed by atoms with van der Waals surface area (Å²) in [5.74, 6) is 0.193. The standard InChI is InChI=1S/C17H21N3O5S/c1-12-7-9-20(10-8-12)15(21)11-26(22,23)17-19-18-16(25-17)13-3-5-14(24-2)6-4-13/h3-6,12H,7-11H2,1-2H3. The quantitative estimate of drug-likeness (QED) is 0.780. The molecule has 1 saturated heterocycles. The number of nitrogens with zero attached hydrogens (tertiary/aromatic N) is 3. The first-order valence-electron chi connectivity index (χ1n) is 8.37. The van der Waals surface area contributed by atoms with Crippen molar-refractivity contribution in [1.82, 2.24) is 15.1 Å². The molecule has 1 aliphatic rings. The number of ether oxygens (including phenoxy) is 1. The number of carbonyl (C=O) groups is 1. The van der Waals surface area contributed by atoms with Gasteiger partial charge in [0, 0.05) is 18.7 Å². The normalized spacial score (nSPS) is 15.8. The second-order valence-corrected chi connectivity index (χ2v) is 8.29. The van der Waals surface area contributed by atoms with Gasteiger partial charge in [-0.05, 0) is 43.0 Å². The van der Waals surface area contributed by atoms with Gasteiger partial charge in [-0.15, -0.1) is 5.10 Å². The summed E-state index contributed by atoms with van der Waals surface area (Å²) < 4.78 is 35.2. The third-order valence-corrected chi connectivity index (χ3v) is 5.78. The molecule has 1 aromatic carbocycles. The average Bonchev–Trinajstić information content (AvgIpc) is 3.13. The van der Waals surface area contributed by atoms with E-state index in [2.05, 4.69) is 17.1 Å². The van der Waals surface area contributed by atoms with Crippen molar-refractivity contribution in [2.45, 2.75) is 25.0 Å². The molecule has 1 aliphatic heterocycles. The molecule has 26 heavy (non-hydrogen) atoms. The Balaban J connectivity index is 1.71. The Hall–Kier alpha value is -2.42. The van der Waals surface area contributed by atoms with Crippen molar-refractivity contribution in [3.63, 3.8) is 0 Å². The smallest absolute Gasteiger partial charge is 0.336 e. The zero-order valence-electron chi connectivity index (χ0n) is 14.7. The summed E-state index contributed by atoms with van der Waals surface area (Å²) in [6.07, 6.45) is 1.77. The van der Waals surface area contributed by atoms with Crippen LogP contribution in [0.5, 0.6) is 5.75 Å². The summed E-state index contributed by atoms with van der Waals surface area (Å²) in [5, 5.41) is 6.85. The van der Waals surface area contributed by atoms with Crippen molar-refractivity contribution in [1.29, 1.82) is 0 Å². The Kier molecular flexibility index (Phi) is 5.26. The van der Waals surface area contributed by atoms with Gasteiger partial charge in [-0.3, -0.25) is 4.79 Å². The SMILES string of the molecule is COc1ccc(-c2nnc(S(=O)(=O)CC(=O)N3CCC(C)CC3)o2)cc1. The third-order valence-electron chi connectivity index (χ3n) is 4.46. The van der Waals surface area contributed by atoms with E-state index in [1.807, 2.05) is 0 Å². The van der Waals surface area contributed by atoms with Crippen molar-refractivity contribution < 1.29 is 22.4 Å². The third kappa shape index (κ3) is 4.04. The summed E-state index contributed by atoms with van der Waals surface area (Å²) in [6.45, 7) is 3.28. The van der Waals surface area contributed by atoms with Gasteiger partial charge in [0.15, 0.2) is 0 Å². The van der Waals surface area contributed by atoms with Crippen LogP contribution in [-0.4, -0.2) is 55.4 Å². The average molecular weight is 379 g/mol. The fraction of sp³-hybridized carbons (Fsp3) is 0.471. The number of rotatable bonds is 5. The Morgan fingerprint density at radius 1 is 1.23 bits per heavy atom. The molecule has 0 unspecified atom stereocenters. The number of likely N-dealkylation sites (tertiary alicyclic amines) is 1. The molecular formula is C17H21N3O5S. The summed E-state index contributed by atoms with van der Waals surface area (Å²) in [4.78, 5) is 13.9. The van der Waals surface area contributed by atoms with Crippen LogP contribution in [0.3, 0.4) is 0 Å². The zero-order valence-corrected chi connectivity index (χ0v) is 15.5. The van der Waals surface area contributed by atoms with E-state index in [9.17, 15) is 13.2 Å². The van der Waals surface area contributed by atoms with Crippen LogP contribution in [0.1, 0.15) is 19.8 Å². The molecule has 140 valence electrons. The van der Waals surface area contributed by atoms with Crippen LogP contribution in [0.15, 0.2) is 33.9 Å². The van der Waals surface area contributed by atoms with Crippen LogP contribution in [0, 0.1) is 5.92 Å². The van der Waals surface area contributed by atoms with E-state index in [0.29, 0.717) is 30.3 Å². The van der Waals surface area contributed by atoms with Crippen LogP contribution in [-0.2, 0) is 14.6 Å². The molecule has 9 heteroatoms. The molecule has 0 saturated carbocycles. The maximum absolute atomic E-state index is 12.4. The van der Waals surface area contributed by atoms with E-state index in [1.54, 1.807) is 36.3 Å². The maximum atomic E-state index is 12.4. The first-order valence-corrected chi connectivity index (χ1v) is 10.0. The predicted molar refractivity (Wildman–Crippen MR) is 93.3 cm³/mol. The number of amides is 1. The molecule has 0 radical (unpaired) electrons. The lowest BCUT2D eigenvalue weighted by atomic mass is 9.99. The van der Waals surface area contributed by atoms with Crippen molar-refractivity contribution in [3.8, 4) is 17.2 Å². The Labute approximate surface area is 152 Å². The molecule has 8 nitrogen and oxygen atoms in total. The molecule has 1 fully saturated rings. The minimum absolute atomic E-state index is 0.0745. The van der Waals surface area contributed by atoms with Crippen LogP contribution >= 0.6 is 0 Å². The highest BCUT2D eigenvalue weighted by Gasteiger charge is 2.30. The van der Waals surface area contributed by atoms with Crippen molar-refractivity contribution in [3.05, 3.63) is 24.3 Å². The highest BCUT2D eigenvalue weighted by atomic mass is 32.2. The van der Waals surface area contributed by atoms with Crippen LogP contribution < -0.4 is 4.74 Å². The lowest BCUT2D eigenvalue weighted by Gasteiger charge is -2.30. The number of aromatic nitrogens is 2. The van der Waals surface area contributed by atoms with Gasteiger partial charge in [0.1, 0.15) is 11.5 Å². The van der Waals surface area contributed by atoms with E-state index in [4.69, 9.17) is 9.15 Å². The van der Waals surface area contributed by atoms with Crippen molar-refractivity contribution in [2.24, 2.45) is 5.92 Å². The zero-order chi connectivity index (χ0) is 18.7. The number of carbonyl (C=O) groups excluding carboxylic acids is 1. The van der Waals surface area contributed by atoms with E-state index in [-0.39, 0.29) is 5.89 Å². The molecule has 0 aliphatic carbocycles. The van der Waals surface area contributed by atoms with Crippen molar-refractivity contribution >= 4 is 15.7 Å². The van der Waals surface area contributed by atoms with Gasteiger partial charge in [0.25, 0.3) is 0 Å². The molecule has 2 heterocycles. The van der Waals surface area contributed by atoms with Gasteiger partial charge < -0.3 is 14.1 Å². The molecule has 1 aromatic heterocycles. The maximum Gasteiger partial charge on any atom is 0.336 e. The summed E-state index contributed by atoms with van der Waals surface area (Å²) >= 11 is 0. The summed E-state index contributed by atoms with van der Waals surface area (Å²) in [6, 6.07) is 6.77. The van der Waals surface area contributed by atoms with Gasteiger partial charge in [-0.2, -0.15) is 0 Å². The fourth-order valence-electron chi connectivity index (χ4n) is 2.76. The molecule has 2 aromatic rings. The largest absolute Gasteiger partial charge is 0.497 e. The van der Waals surface area contributed by atoms with E-state index in [1.165, 1.54) is 0 Å². The highest BCUT2D eigenvalue weighted by molar-refractivity contribution is 7.91. The predicted octanol–water partition coefficient (Wildman–Crippen LogP) is 1.78. The van der Waals surface area contributed by atoms with Gasteiger partial charge in [0.2, 0.25) is 21.6 Å². The van der Waals surface area contributed by atoms with Crippen LogP contribution in [0.25, 0.3) is 11.5 Å². The van der Waals surface area contributed by atoms with Gasteiger partial charge >= 0.3 is 5.22 Å². The summed E-state index contributed by atoms with van der Waals surface area (Å²) in [7, 11) is -2.43.